The summed E-state index contributed by atoms with van der Waals surface area (Å²) in [5.74, 6) is 0.131. The molecule has 0 bridgehead atoms. The Kier molecular flexibility index (Phi) is 5.40. The van der Waals surface area contributed by atoms with Crippen molar-refractivity contribution in [1.29, 1.82) is 0 Å². The van der Waals surface area contributed by atoms with E-state index in [4.69, 9.17) is 11.5 Å². The number of carbonyl (C=O) groups is 2. The van der Waals surface area contributed by atoms with Gasteiger partial charge in [-0.05, 0) is 44.4 Å². The number of hydrogen-bond acceptors (Lipinski definition) is 3. The van der Waals surface area contributed by atoms with E-state index in [2.05, 4.69) is 0 Å². The van der Waals surface area contributed by atoms with Crippen molar-refractivity contribution in [3.63, 3.8) is 0 Å². The van der Waals surface area contributed by atoms with Crippen molar-refractivity contribution < 1.29 is 9.59 Å². The summed E-state index contributed by atoms with van der Waals surface area (Å²) in [6.07, 6.45) is 8.94. The molecule has 0 aromatic rings. The first-order valence-corrected chi connectivity index (χ1v) is 7.89. The molecule has 2 aliphatic carbocycles. The van der Waals surface area contributed by atoms with E-state index >= 15 is 0 Å². The summed E-state index contributed by atoms with van der Waals surface area (Å²) < 4.78 is 0. The van der Waals surface area contributed by atoms with Crippen molar-refractivity contribution in [3.8, 4) is 0 Å². The van der Waals surface area contributed by atoms with Crippen LogP contribution in [0.15, 0.2) is 0 Å². The van der Waals surface area contributed by atoms with Crippen LogP contribution in [0.1, 0.15) is 57.8 Å². The van der Waals surface area contributed by atoms with Crippen LogP contribution in [-0.4, -0.2) is 35.3 Å². The van der Waals surface area contributed by atoms with Gasteiger partial charge in [0.2, 0.25) is 11.8 Å². The van der Waals surface area contributed by atoms with Gasteiger partial charge in [0, 0.05) is 18.5 Å². The lowest BCUT2D eigenvalue weighted by Gasteiger charge is -2.31. The number of amides is 2. The maximum atomic E-state index is 12.5. The lowest BCUT2D eigenvalue weighted by Crippen LogP contribution is -2.45. The smallest absolute Gasteiger partial charge is 0.237 e. The zero-order valence-corrected chi connectivity index (χ0v) is 12.2. The molecule has 0 atom stereocenters. The van der Waals surface area contributed by atoms with E-state index in [1.807, 2.05) is 0 Å². The summed E-state index contributed by atoms with van der Waals surface area (Å²) in [5, 5.41) is 0. The van der Waals surface area contributed by atoms with Crippen molar-refractivity contribution in [1.82, 2.24) is 4.90 Å². The SMILES string of the molecule is NC(=O)CN(C(=O)CC1CCC(N)CC1)C1CCCC1. The molecule has 0 aromatic carbocycles. The summed E-state index contributed by atoms with van der Waals surface area (Å²) >= 11 is 0. The number of nitrogens with two attached hydrogens (primary N) is 2. The highest BCUT2D eigenvalue weighted by molar-refractivity contribution is 5.84. The minimum Gasteiger partial charge on any atom is -0.368 e. The summed E-state index contributed by atoms with van der Waals surface area (Å²) in [4.78, 5) is 25.5. The summed E-state index contributed by atoms with van der Waals surface area (Å²) in [6, 6.07) is 0.527. The molecule has 5 heteroatoms. The molecule has 2 saturated carbocycles. The van der Waals surface area contributed by atoms with Crippen LogP contribution in [0.25, 0.3) is 0 Å². The lowest BCUT2D eigenvalue weighted by atomic mass is 9.84. The molecule has 5 nitrogen and oxygen atoms in total. The lowest BCUT2D eigenvalue weighted by molar-refractivity contribution is -0.138. The Bertz CT molecular complexity index is 345. The van der Waals surface area contributed by atoms with E-state index in [1.54, 1.807) is 4.90 Å². The van der Waals surface area contributed by atoms with Gasteiger partial charge in [-0.1, -0.05) is 12.8 Å². The van der Waals surface area contributed by atoms with Gasteiger partial charge in [0.15, 0.2) is 0 Å². The van der Waals surface area contributed by atoms with Gasteiger partial charge in [-0.15, -0.1) is 0 Å². The Hall–Kier alpha value is -1.10. The Morgan fingerprint density at radius 3 is 2.15 bits per heavy atom. The van der Waals surface area contributed by atoms with Crippen LogP contribution >= 0.6 is 0 Å². The summed E-state index contributed by atoms with van der Waals surface area (Å²) in [6.45, 7) is 0.0791. The first-order valence-electron chi connectivity index (χ1n) is 7.89. The van der Waals surface area contributed by atoms with E-state index < -0.39 is 5.91 Å². The fourth-order valence-electron chi connectivity index (χ4n) is 3.56. The monoisotopic (exact) mass is 281 g/mol. The molecule has 114 valence electrons. The molecule has 2 aliphatic rings. The summed E-state index contributed by atoms with van der Waals surface area (Å²) in [5.41, 5.74) is 11.2. The topological polar surface area (TPSA) is 89.4 Å². The second-order valence-corrected chi connectivity index (χ2v) is 6.41. The zero-order chi connectivity index (χ0) is 14.5. The molecule has 20 heavy (non-hydrogen) atoms. The maximum absolute atomic E-state index is 12.5. The molecule has 0 spiro atoms. The minimum atomic E-state index is -0.407. The third-order valence-electron chi connectivity index (χ3n) is 4.77. The largest absolute Gasteiger partial charge is 0.368 e. The van der Waals surface area contributed by atoms with Crippen LogP contribution in [0.4, 0.5) is 0 Å². The van der Waals surface area contributed by atoms with Gasteiger partial charge in [0.25, 0.3) is 0 Å². The Morgan fingerprint density at radius 1 is 1.00 bits per heavy atom. The van der Waals surface area contributed by atoms with Crippen molar-refractivity contribution >= 4 is 11.8 Å². The van der Waals surface area contributed by atoms with Gasteiger partial charge in [-0.25, -0.2) is 0 Å². The van der Waals surface area contributed by atoms with Crippen LogP contribution in [-0.2, 0) is 9.59 Å². The third-order valence-corrected chi connectivity index (χ3v) is 4.77. The van der Waals surface area contributed by atoms with Crippen LogP contribution in [0.5, 0.6) is 0 Å². The third kappa shape index (κ3) is 4.20. The molecular weight excluding hydrogens is 254 g/mol. The fraction of sp³-hybridized carbons (Fsp3) is 0.867. The predicted molar refractivity (Wildman–Crippen MR) is 77.7 cm³/mol. The van der Waals surface area contributed by atoms with Crippen molar-refractivity contribution in [2.75, 3.05) is 6.54 Å². The summed E-state index contributed by atoms with van der Waals surface area (Å²) in [7, 11) is 0. The first kappa shape index (κ1) is 15.3. The molecule has 0 radical (unpaired) electrons. The van der Waals surface area contributed by atoms with Crippen LogP contribution in [0, 0.1) is 5.92 Å². The van der Waals surface area contributed by atoms with Crippen LogP contribution in [0.3, 0.4) is 0 Å². The normalized spacial score (nSPS) is 27.4. The van der Waals surface area contributed by atoms with E-state index in [1.165, 1.54) is 0 Å². The van der Waals surface area contributed by atoms with Crippen molar-refractivity contribution in [2.24, 2.45) is 17.4 Å². The number of hydrogen-bond donors (Lipinski definition) is 2. The van der Waals surface area contributed by atoms with Crippen LogP contribution < -0.4 is 11.5 Å². The first-order chi connectivity index (χ1) is 9.56. The van der Waals surface area contributed by atoms with Crippen molar-refractivity contribution in [2.45, 2.75) is 69.9 Å². The van der Waals surface area contributed by atoms with E-state index in [9.17, 15) is 9.59 Å². The number of carbonyl (C=O) groups excluding carboxylic acids is 2. The van der Waals surface area contributed by atoms with Crippen molar-refractivity contribution in [3.05, 3.63) is 0 Å². The minimum absolute atomic E-state index is 0.0791. The molecule has 0 aromatic heterocycles. The molecule has 0 unspecified atom stereocenters. The molecule has 2 rings (SSSR count). The Labute approximate surface area is 121 Å². The maximum Gasteiger partial charge on any atom is 0.237 e. The molecule has 2 fully saturated rings. The van der Waals surface area contributed by atoms with Gasteiger partial charge >= 0.3 is 0 Å². The average Bonchev–Trinajstić information content (AvgIpc) is 2.92. The molecule has 0 saturated heterocycles. The molecule has 2 amide bonds. The highest BCUT2D eigenvalue weighted by atomic mass is 16.2. The van der Waals surface area contributed by atoms with E-state index in [-0.39, 0.29) is 18.5 Å². The number of rotatable bonds is 5. The molecule has 0 heterocycles. The molecule has 0 aliphatic heterocycles. The van der Waals surface area contributed by atoms with E-state index in [0.29, 0.717) is 18.4 Å². The highest BCUT2D eigenvalue weighted by Crippen LogP contribution is 2.29. The number of nitrogens with zero attached hydrogens (tertiary/aromatic N) is 1. The van der Waals surface area contributed by atoms with Gasteiger partial charge in [-0.3, -0.25) is 9.59 Å². The number of primary amides is 1. The van der Waals surface area contributed by atoms with Gasteiger partial charge in [0.05, 0.1) is 6.54 Å². The second-order valence-electron chi connectivity index (χ2n) is 6.41. The Morgan fingerprint density at radius 2 is 1.60 bits per heavy atom. The average molecular weight is 281 g/mol. The highest BCUT2D eigenvalue weighted by Gasteiger charge is 2.30. The fourth-order valence-corrected chi connectivity index (χ4v) is 3.56. The Balaban J connectivity index is 1.90. The molecular formula is C15H27N3O2. The van der Waals surface area contributed by atoms with Crippen LogP contribution in [0.2, 0.25) is 0 Å². The molecule has 4 N–H and O–H groups in total. The zero-order valence-electron chi connectivity index (χ0n) is 12.2. The quantitative estimate of drug-likeness (QED) is 0.792. The standard InChI is InChI=1S/C15H27N3O2/c16-12-7-5-11(6-8-12)9-15(20)18(10-14(17)19)13-3-1-2-4-13/h11-13H,1-10,16H2,(H2,17,19). The van der Waals surface area contributed by atoms with E-state index in [0.717, 1.165) is 51.4 Å². The van der Waals surface area contributed by atoms with Gasteiger partial charge in [-0.2, -0.15) is 0 Å². The predicted octanol–water partition coefficient (Wildman–Crippen LogP) is 1.15. The van der Waals surface area contributed by atoms with Gasteiger partial charge in [0.1, 0.15) is 0 Å². The van der Waals surface area contributed by atoms with Gasteiger partial charge < -0.3 is 16.4 Å². The second kappa shape index (κ2) is 7.07.